The van der Waals surface area contributed by atoms with Crippen LogP contribution in [0.1, 0.15) is 16.1 Å². The number of benzene rings is 2. The van der Waals surface area contributed by atoms with Gasteiger partial charge in [0.15, 0.2) is 5.76 Å². The van der Waals surface area contributed by atoms with Gasteiger partial charge in [0, 0.05) is 24.2 Å². The van der Waals surface area contributed by atoms with Crippen molar-refractivity contribution in [1.29, 1.82) is 0 Å². The molecule has 3 aromatic rings. The van der Waals surface area contributed by atoms with Crippen molar-refractivity contribution in [3.63, 3.8) is 0 Å². The summed E-state index contributed by atoms with van der Waals surface area (Å²) in [7, 11) is -2.26. The first-order valence-electron chi connectivity index (χ1n) is 7.93. The first-order valence-corrected chi connectivity index (χ1v) is 9.79. The van der Waals surface area contributed by atoms with E-state index in [1.54, 1.807) is 24.3 Å². The molecule has 0 bridgehead atoms. The zero-order valence-electron chi connectivity index (χ0n) is 14.3. The maximum absolute atomic E-state index is 12.4. The fraction of sp³-hybridized carbons (Fsp3) is 0.111. The van der Waals surface area contributed by atoms with Crippen molar-refractivity contribution < 1.29 is 17.7 Å². The fourth-order valence-corrected chi connectivity index (χ4v) is 3.60. The molecule has 0 aliphatic carbocycles. The third kappa shape index (κ3) is 4.36. The van der Waals surface area contributed by atoms with Gasteiger partial charge in [0.25, 0.3) is 5.91 Å². The average Bonchev–Trinajstić information content (AvgIpc) is 3.15. The monoisotopic (exact) mass is 405 g/mol. The smallest absolute Gasteiger partial charge is 0.251 e. The van der Waals surface area contributed by atoms with Gasteiger partial charge in [0.1, 0.15) is 5.69 Å². The van der Waals surface area contributed by atoms with Crippen molar-refractivity contribution in [3.05, 3.63) is 70.9 Å². The summed E-state index contributed by atoms with van der Waals surface area (Å²) in [6.45, 7) is -0.0724. The summed E-state index contributed by atoms with van der Waals surface area (Å²) in [5.74, 6) is 0.0520. The Kier molecular flexibility index (Phi) is 5.59. The number of rotatable bonds is 6. The van der Waals surface area contributed by atoms with Crippen LogP contribution in [0.5, 0.6) is 0 Å². The standard InChI is InChI=1S/C18H16ClN3O4S/c1-20-18(23)12-6-8-14(9-7-12)27(24,25)21-11-13-10-17(22-26-13)15-4-2-3-5-16(15)19/h2-10,21H,11H2,1H3,(H,20,23). The van der Waals surface area contributed by atoms with E-state index in [0.717, 1.165) is 0 Å². The van der Waals surface area contributed by atoms with Gasteiger partial charge in [-0.05, 0) is 30.3 Å². The minimum atomic E-state index is -3.77. The van der Waals surface area contributed by atoms with Gasteiger partial charge in [0.05, 0.1) is 16.5 Å². The van der Waals surface area contributed by atoms with Gasteiger partial charge < -0.3 is 9.84 Å². The van der Waals surface area contributed by atoms with Gasteiger partial charge in [0.2, 0.25) is 10.0 Å². The fourth-order valence-electron chi connectivity index (χ4n) is 2.37. The summed E-state index contributed by atoms with van der Waals surface area (Å²) in [6, 6.07) is 14.4. The second-order valence-corrected chi connectivity index (χ2v) is 7.76. The minimum absolute atomic E-state index is 0.0426. The van der Waals surface area contributed by atoms with Crippen molar-refractivity contribution in [2.24, 2.45) is 0 Å². The molecule has 0 spiro atoms. The van der Waals surface area contributed by atoms with Crippen molar-refractivity contribution in [2.45, 2.75) is 11.4 Å². The largest absolute Gasteiger partial charge is 0.359 e. The summed E-state index contributed by atoms with van der Waals surface area (Å²) in [4.78, 5) is 11.6. The minimum Gasteiger partial charge on any atom is -0.359 e. The highest BCUT2D eigenvalue weighted by molar-refractivity contribution is 7.89. The third-order valence-electron chi connectivity index (χ3n) is 3.80. The van der Waals surface area contributed by atoms with Crippen LogP contribution in [0.15, 0.2) is 64.0 Å². The topological polar surface area (TPSA) is 101 Å². The lowest BCUT2D eigenvalue weighted by molar-refractivity contribution is 0.0963. The van der Waals surface area contributed by atoms with Crippen LogP contribution in [0.3, 0.4) is 0 Å². The highest BCUT2D eigenvalue weighted by Crippen LogP contribution is 2.27. The predicted octanol–water partition coefficient (Wildman–Crippen LogP) is 2.83. The van der Waals surface area contributed by atoms with Crippen molar-refractivity contribution >= 4 is 27.5 Å². The van der Waals surface area contributed by atoms with E-state index in [-0.39, 0.29) is 17.3 Å². The van der Waals surface area contributed by atoms with Crippen LogP contribution in [-0.2, 0) is 16.6 Å². The van der Waals surface area contributed by atoms with Crippen LogP contribution in [0.4, 0.5) is 0 Å². The number of carbonyl (C=O) groups excluding carboxylic acids is 1. The van der Waals surface area contributed by atoms with E-state index in [4.69, 9.17) is 16.1 Å². The van der Waals surface area contributed by atoms with E-state index in [1.807, 2.05) is 6.07 Å². The van der Waals surface area contributed by atoms with Gasteiger partial charge in [-0.3, -0.25) is 4.79 Å². The molecule has 0 aliphatic rings. The molecule has 140 valence electrons. The molecule has 0 unspecified atom stereocenters. The summed E-state index contributed by atoms with van der Waals surface area (Å²) >= 11 is 6.12. The molecule has 1 aromatic heterocycles. The number of sulfonamides is 1. The first-order chi connectivity index (χ1) is 12.9. The Labute approximate surface area is 161 Å². The number of nitrogens with one attached hydrogen (secondary N) is 2. The van der Waals surface area contributed by atoms with E-state index < -0.39 is 10.0 Å². The maximum Gasteiger partial charge on any atom is 0.251 e. The normalized spacial score (nSPS) is 11.3. The molecule has 0 radical (unpaired) electrons. The summed E-state index contributed by atoms with van der Waals surface area (Å²) in [5, 5.41) is 6.92. The molecular weight excluding hydrogens is 390 g/mol. The molecular formula is C18H16ClN3O4S. The summed E-state index contributed by atoms with van der Waals surface area (Å²) < 4.78 is 32.4. The number of hydrogen-bond donors (Lipinski definition) is 2. The number of amides is 1. The number of aromatic nitrogens is 1. The second-order valence-electron chi connectivity index (χ2n) is 5.59. The van der Waals surface area contributed by atoms with E-state index in [0.29, 0.717) is 27.6 Å². The number of nitrogens with zero attached hydrogens (tertiary/aromatic N) is 1. The number of halogens is 1. The van der Waals surface area contributed by atoms with Crippen LogP contribution in [0.2, 0.25) is 5.02 Å². The maximum atomic E-state index is 12.4. The summed E-state index contributed by atoms with van der Waals surface area (Å²) in [6.07, 6.45) is 0. The highest BCUT2D eigenvalue weighted by atomic mass is 35.5. The lowest BCUT2D eigenvalue weighted by Crippen LogP contribution is -2.23. The second kappa shape index (κ2) is 7.91. The third-order valence-corrected chi connectivity index (χ3v) is 5.55. The Morgan fingerprint density at radius 1 is 1.15 bits per heavy atom. The van der Waals surface area contributed by atoms with Gasteiger partial charge in [-0.1, -0.05) is 35.0 Å². The SMILES string of the molecule is CNC(=O)c1ccc(S(=O)(=O)NCc2cc(-c3ccccc3Cl)no2)cc1. The average molecular weight is 406 g/mol. The van der Waals surface area contributed by atoms with Crippen molar-refractivity contribution in [3.8, 4) is 11.3 Å². The predicted molar refractivity (Wildman–Crippen MR) is 101 cm³/mol. The van der Waals surface area contributed by atoms with E-state index in [2.05, 4.69) is 15.2 Å². The van der Waals surface area contributed by atoms with Crippen molar-refractivity contribution in [1.82, 2.24) is 15.2 Å². The van der Waals surface area contributed by atoms with Gasteiger partial charge in [-0.2, -0.15) is 0 Å². The van der Waals surface area contributed by atoms with Gasteiger partial charge in [-0.15, -0.1) is 0 Å². The Hall–Kier alpha value is -2.68. The molecule has 7 nitrogen and oxygen atoms in total. The molecule has 2 N–H and O–H groups in total. The Morgan fingerprint density at radius 3 is 2.52 bits per heavy atom. The molecule has 27 heavy (non-hydrogen) atoms. The van der Waals surface area contributed by atoms with Gasteiger partial charge >= 0.3 is 0 Å². The Bertz CT molecular complexity index is 1060. The zero-order chi connectivity index (χ0) is 19.4. The molecule has 2 aromatic carbocycles. The van der Waals surface area contributed by atoms with E-state index in [9.17, 15) is 13.2 Å². The van der Waals surface area contributed by atoms with Crippen molar-refractivity contribution in [2.75, 3.05) is 7.05 Å². The van der Waals surface area contributed by atoms with Crippen LogP contribution >= 0.6 is 11.6 Å². The van der Waals surface area contributed by atoms with E-state index >= 15 is 0 Å². The molecule has 9 heteroatoms. The molecule has 0 saturated heterocycles. The zero-order valence-corrected chi connectivity index (χ0v) is 15.8. The van der Waals surface area contributed by atoms with Crippen LogP contribution in [-0.4, -0.2) is 26.5 Å². The quantitative estimate of drug-likeness (QED) is 0.656. The van der Waals surface area contributed by atoms with E-state index in [1.165, 1.54) is 31.3 Å². The molecule has 0 aliphatic heterocycles. The van der Waals surface area contributed by atoms with Gasteiger partial charge in [-0.25, -0.2) is 13.1 Å². The van der Waals surface area contributed by atoms with Crippen LogP contribution in [0, 0.1) is 0 Å². The lowest BCUT2D eigenvalue weighted by Gasteiger charge is -2.06. The first kappa shape index (κ1) is 19.1. The Morgan fingerprint density at radius 2 is 1.85 bits per heavy atom. The lowest BCUT2D eigenvalue weighted by atomic mass is 10.1. The molecule has 0 atom stereocenters. The molecule has 3 rings (SSSR count). The highest BCUT2D eigenvalue weighted by Gasteiger charge is 2.16. The molecule has 1 heterocycles. The summed E-state index contributed by atoms with van der Waals surface area (Å²) in [5.41, 5.74) is 1.59. The number of carbonyl (C=O) groups is 1. The number of hydrogen-bond acceptors (Lipinski definition) is 5. The molecule has 0 fully saturated rings. The Balaban J connectivity index is 1.71. The van der Waals surface area contributed by atoms with Crippen LogP contribution < -0.4 is 10.0 Å². The molecule has 1 amide bonds. The van der Waals surface area contributed by atoms with Crippen LogP contribution in [0.25, 0.3) is 11.3 Å². The molecule has 0 saturated carbocycles.